The molecule has 1 N–H and O–H groups in total. The molecule has 0 unspecified atom stereocenters. The van der Waals surface area contributed by atoms with E-state index in [2.05, 4.69) is 5.32 Å². The number of para-hydroxylation sites is 2. The third-order valence-electron chi connectivity index (χ3n) is 3.62. The van der Waals surface area contributed by atoms with Gasteiger partial charge in [-0.25, -0.2) is 0 Å². The molecule has 0 saturated carbocycles. The highest BCUT2D eigenvalue weighted by Crippen LogP contribution is 2.20. The van der Waals surface area contributed by atoms with Crippen LogP contribution >= 0.6 is 11.3 Å². The van der Waals surface area contributed by atoms with Crippen molar-refractivity contribution in [3.05, 3.63) is 63.3 Å². The highest BCUT2D eigenvalue weighted by molar-refractivity contribution is 7.16. The zero-order valence-electron chi connectivity index (χ0n) is 12.4. The summed E-state index contributed by atoms with van der Waals surface area (Å²) in [6.07, 6.45) is 0. The van der Waals surface area contributed by atoms with E-state index in [1.807, 2.05) is 56.3 Å². The molecular weight excluding hydrogens is 296 g/mol. The molecule has 0 bridgehead atoms. The molecule has 1 heterocycles. The highest BCUT2D eigenvalue weighted by Gasteiger charge is 2.12. The minimum atomic E-state index is -0.192. The summed E-state index contributed by atoms with van der Waals surface area (Å²) >= 11 is 1.16. The highest BCUT2D eigenvalue weighted by atomic mass is 32.1. The number of aromatic nitrogens is 1. The van der Waals surface area contributed by atoms with E-state index in [0.717, 1.165) is 38.4 Å². The SMILES string of the molecule is Cc1cccc(C)c1NC(=O)Cn1c(=O)sc2ccccc21. The van der Waals surface area contributed by atoms with Crippen LogP contribution in [0.15, 0.2) is 47.3 Å². The fraction of sp³-hybridized carbons (Fsp3) is 0.176. The number of nitrogens with zero attached hydrogens (tertiary/aromatic N) is 1. The Kier molecular flexibility index (Phi) is 3.81. The molecular formula is C17H16N2O2S. The van der Waals surface area contributed by atoms with Crippen LogP contribution in [0.4, 0.5) is 5.69 Å². The van der Waals surface area contributed by atoms with Crippen LogP contribution in [0.3, 0.4) is 0 Å². The van der Waals surface area contributed by atoms with Gasteiger partial charge in [0.2, 0.25) is 5.91 Å². The third kappa shape index (κ3) is 2.67. The van der Waals surface area contributed by atoms with Crippen LogP contribution in [0.1, 0.15) is 11.1 Å². The average molecular weight is 312 g/mol. The maximum Gasteiger partial charge on any atom is 0.308 e. The Bertz CT molecular complexity index is 888. The molecule has 0 radical (unpaired) electrons. The Hall–Kier alpha value is -2.40. The van der Waals surface area contributed by atoms with Crippen LogP contribution < -0.4 is 10.2 Å². The summed E-state index contributed by atoms with van der Waals surface area (Å²) in [6, 6.07) is 13.4. The summed E-state index contributed by atoms with van der Waals surface area (Å²) < 4.78 is 2.41. The second-order valence-corrected chi connectivity index (χ2v) is 6.23. The molecule has 1 amide bonds. The number of thiazole rings is 1. The van der Waals surface area contributed by atoms with E-state index >= 15 is 0 Å². The monoisotopic (exact) mass is 312 g/mol. The fourth-order valence-electron chi connectivity index (χ4n) is 2.50. The summed E-state index contributed by atoms with van der Waals surface area (Å²) in [5.74, 6) is -0.192. The van der Waals surface area contributed by atoms with Gasteiger partial charge in [0, 0.05) is 5.69 Å². The smallest absolute Gasteiger partial charge is 0.308 e. The zero-order chi connectivity index (χ0) is 15.7. The number of carbonyl (C=O) groups is 1. The zero-order valence-corrected chi connectivity index (χ0v) is 13.2. The van der Waals surface area contributed by atoms with Crippen molar-refractivity contribution >= 4 is 33.1 Å². The minimum absolute atomic E-state index is 0.0244. The van der Waals surface area contributed by atoms with E-state index in [1.165, 1.54) is 4.57 Å². The van der Waals surface area contributed by atoms with E-state index in [-0.39, 0.29) is 17.3 Å². The van der Waals surface area contributed by atoms with Gasteiger partial charge in [-0.3, -0.25) is 14.2 Å². The standard InChI is InChI=1S/C17H16N2O2S/c1-11-6-5-7-12(2)16(11)18-15(20)10-19-13-8-3-4-9-14(13)22-17(19)21/h3-9H,10H2,1-2H3,(H,18,20). The Balaban J connectivity index is 1.88. The van der Waals surface area contributed by atoms with Gasteiger partial charge in [-0.15, -0.1) is 0 Å². The van der Waals surface area contributed by atoms with Crippen molar-refractivity contribution in [1.29, 1.82) is 0 Å². The van der Waals surface area contributed by atoms with E-state index in [0.29, 0.717) is 0 Å². The van der Waals surface area contributed by atoms with Crippen LogP contribution in [0.25, 0.3) is 10.2 Å². The maximum atomic E-state index is 12.3. The molecule has 3 rings (SSSR count). The Morgan fingerprint density at radius 2 is 1.77 bits per heavy atom. The molecule has 112 valence electrons. The average Bonchev–Trinajstić information content (AvgIpc) is 2.79. The van der Waals surface area contributed by atoms with Crippen LogP contribution in [0, 0.1) is 13.8 Å². The van der Waals surface area contributed by atoms with Crippen LogP contribution in [-0.2, 0) is 11.3 Å². The van der Waals surface area contributed by atoms with Gasteiger partial charge < -0.3 is 5.32 Å². The number of hydrogen-bond acceptors (Lipinski definition) is 3. The molecule has 0 atom stereocenters. The minimum Gasteiger partial charge on any atom is -0.324 e. The van der Waals surface area contributed by atoms with Gasteiger partial charge in [-0.1, -0.05) is 41.7 Å². The van der Waals surface area contributed by atoms with E-state index < -0.39 is 0 Å². The predicted octanol–water partition coefficient (Wildman–Crippen LogP) is 3.32. The summed E-state index contributed by atoms with van der Waals surface area (Å²) in [5.41, 5.74) is 3.64. The van der Waals surface area contributed by atoms with E-state index in [1.54, 1.807) is 0 Å². The second-order valence-electron chi connectivity index (χ2n) is 5.24. The molecule has 22 heavy (non-hydrogen) atoms. The lowest BCUT2D eigenvalue weighted by atomic mass is 10.1. The lowest BCUT2D eigenvalue weighted by Crippen LogP contribution is -2.24. The molecule has 2 aromatic carbocycles. The van der Waals surface area contributed by atoms with E-state index in [9.17, 15) is 9.59 Å². The first-order chi connectivity index (χ1) is 10.6. The molecule has 0 aliphatic heterocycles. The summed E-state index contributed by atoms with van der Waals surface area (Å²) in [5, 5.41) is 2.91. The molecule has 0 saturated heterocycles. The van der Waals surface area contributed by atoms with Gasteiger partial charge in [0.25, 0.3) is 0 Å². The lowest BCUT2D eigenvalue weighted by Gasteiger charge is -2.11. The van der Waals surface area contributed by atoms with Crippen molar-refractivity contribution in [1.82, 2.24) is 4.57 Å². The molecule has 0 spiro atoms. The summed E-state index contributed by atoms with van der Waals surface area (Å²) in [4.78, 5) is 24.3. The van der Waals surface area contributed by atoms with Crippen molar-refractivity contribution in [3.63, 3.8) is 0 Å². The number of benzene rings is 2. The van der Waals surface area contributed by atoms with Crippen molar-refractivity contribution in [2.45, 2.75) is 20.4 Å². The molecule has 0 aliphatic carbocycles. The van der Waals surface area contributed by atoms with E-state index in [4.69, 9.17) is 0 Å². The quantitative estimate of drug-likeness (QED) is 0.806. The molecule has 5 heteroatoms. The van der Waals surface area contributed by atoms with Crippen molar-refractivity contribution in [2.75, 3.05) is 5.32 Å². The maximum absolute atomic E-state index is 12.3. The first kappa shape index (κ1) is 14.5. The second kappa shape index (κ2) is 5.77. The lowest BCUT2D eigenvalue weighted by molar-refractivity contribution is -0.116. The van der Waals surface area contributed by atoms with Gasteiger partial charge >= 0.3 is 4.87 Å². The Morgan fingerprint density at radius 1 is 1.09 bits per heavy atom. The Morgan fingerprint density at radius 3 is 2.50 bits per heavy atom. The predicted molar refractivity (Wildman–Crippen MR) is 90.6 cm³/mol. The number of rotatable bonds is 3. The molecule has 1 aromatic heterocycles. The van der Waals surface area contributed by atoms with Crippen molar-refractivity contribution in [2.24, 2.45) is 0 Å². The molecule has 0 fully saturated rings. The normalized spacial score (nSPS) is 10.8. The first-order valence-electron chi connectivity index (χ1n) is 7.00. The van der Waals surface area contributed by atoms with Gasteiger partial charge in [0.15, 0.2) is 0 Å². The van der Waals surface area contributed by atoms with Gasteiger partial charge in [0.05, 0.1) is 10.2 Å². The summed E-state index contributed by atoms with van der Waals surface area (Å²) in [6.45, 7) is 3.93. The number of amides is 1. The fourth-order valence-corrected chi connectivity index (χ4v) is 3.39. The Labute approximate surface area is 132 Å². The number of fused-ring (bicyclic) bond motifs is 1. The van der Waals surface area contributed by atoms with Crippen LogP contribution in [-0.4, -0.2) is 10.5 Å². The van der Waals surface area contributed by atoms with Gasteiger partial charge in [-0.2, -0.15) is 0 Å². The topological polar surface area (TPSA) is 51.1 Å². The number of nitrogens with one attached hydrogen (secondary N) is 1. The van der Waals surface area contributed by atoms with Gasteiger partial charge in [-0.05, 0) is 37.1 Å². The molecule has 3 aromatic rings. The third-order valence-corrected chi connectivity index (χ3v) is 4.58. The molecule has 0 aliphatic rings. The first-order valence-corrected chi connectivity index (χ1v) is 7.82. The molecule has 4 nitrogen and oxygen atoms in total. The van der Waals surface area contributed by atoms with Gasteiger partial charge in [0.1, 0.15) is 6.54 Å². The summed E-state index contributed by atoms with van der Waals surface area (Å²) in [7, 11) is 0. The number of carbonyl (C=O) groups excluding carboxylic acids is 1. The van der Waals surface area contributed by atoms with Crippen molar-refractivity contribution < 1.29 is 4.79 Å². The number of hydrogen-bond donors (Lipinski definition) is 1. The van der Waals surface area contributed by atoms with Crippen LogP contribution in [0.2, 0.25) is 0 Å². The largest absolute Gasteiger partial charge is 0.324 e. The van der Waals surface area contributed by atoms with Crippen molar-refractivity contribution in [3.8, 4) is 0 Å². The number of aryl methyl sites for hydroxylation is 2. The number of anilines is 1. The van der Waals surface area contributed by atoms with Crippen LogP contribution in [0.5, 0.6) is 0 Å².